The second-order valence-electron chi connectivity index (χ2n) is 4.16. The first-order valence-electron chi connectivity index (χ1n) is 6.56. The Morgan fingerprint density at radius 2 is 2.00 bits per heavy atom. The molecule has 5 heteroatoms. The standard InChI is InChI=1S/C15H19BrN2O2/c1-3-17-14(19)11-18(4-2)15(20)10-9-12-7-5-6-8-13(12)16/h5-10H,3-4,11H2,1-2H3,(H,17,19). The maximum atomic E-state index is 12.0. The van der Waals surface area contributed by atoms with E-state index in [0.717, 1.165) is 10.0 Å². The van der Waals surface area contributed by atoms with Gasteiger partial charge < -0.3 is 10.2 Å². The van der Waals surface area contributed by atoms with Crippen LogP contribution in [-0.4, -0.2) is 36.3 Å². The molecule has 0 radical (unpaired) electrons. The number of carbonyl (C=O) groups is 2. The van der Waals surface area contributed by atoms with Crippen molar-refractivity contribution in [1.82, 2.24) is 10.2 Å². The molecule has 0 saturated carbocycles. The summed E-state index contributed by atoms with van der Waals surface area (Å²) in [7, 11) is 0. The highest BCUT2D eigenvalue weighted by Crippen LogP contribution is 2.17. The zero-order valence-electron chi connectivity index (χ0n) is 11.7. The Labute approximate surface area is 128 Å². The Morgan fingerprint density at radius 3 is 2.60 bits per heavy atom. The summed E-state index contributed by atoms with van der Waals surface area (Å²) < 4.78 is 0.927. The predicted molar refractivity (Wildman–Crippen MR) is 84.1 cm³/mol. The summed E-state index contributed by atoms with van der Waals surface area (Å²) in [5.41, 5.74) is 0.926. The highest BCUT2D eigenvalue weighted by molar-refractivity contribution is 9.10. The van der Waals surface area contributed by atoms with E-state index in [2.05, 4.69) is 21.2 Å². The van der Waals surface area contributed by atoms with E-state index in [9.17, 15) is 9.59 Å². The van der Waals surface area contributed by atoms with Crippen molar-refractivity contribution >= 4 is 33.8 Å². The van der Waals surface area contributed by atoms with Gasteiger partial charge in [0.05, 0.1) is 6.54 Å². The Hall–Kier alpha value is -1.62. The number of rotatable bonds is 6. The summed E-state index contributed by atoms with van der Waals surface area (Å²) >= 11 is 3.42. The fraction of sp³-hybridized carbons (Fsp3) is 0.333. The van der Waals surface area contributed by atoms with Gasteiger partial charge in [0.2, 0.25) is 11.8 Å². The lowest BCUT2D eigenvalue weighted by atomic mass is 10.2. The van der Waals surface area contributed by atoms with Crippen LogP contribution < -0.4 is 5.32 Å². The summed E-state index contributed by atoms with van der Waals surface area (Å²) in [6.45, 7) is 4.85. The Morgan fingerprint density at radius 1 is 1.30 bits per heavy atom. The van der Waals surface area contributed by atoms with E-state index in [1.54, 1.807) is 6.08 Å². The number of benzene rings is 1. The molecule has 1 N–H and O–H groups in total. The lowest BCUT2D eigenvalue weighted by Gasteiger charge is -2.18. The molecule has 0 aliphatic carbocycles. The topological polar surface area (TPSA) is 49.4 Å². The molecule has 2 amide bonds. The molecular weight excluding hydrogens is 320 g/mol. The van der Waals surface area contributed by atoms with Crippen LogP contribution in [0.3, 0.4) is 0 Å². The molecule has 1 aromatic carbocycles. The Balaban J connectivity index is 2.68. The van der Waals surface area contributed by atoms with E-state index in [4.69, 9.17) is 0 Å². The highest BCUT2D eigenvalue weighted by Gasteiger charge is 2.12. The molecule has 0 unspecified atom stereocenters. The molecular formula is C15H19BrN2O2. The third kappa shape index (κ3) is 5.17. The largest absolute Gasteiger partial charge is 0.355 e. The van der Waals surface area contributed by atoms with E-state index in [1.165, 1.54) is 11.0 Å². The van der Waals surface area contributed by atoms with Crippen LogP contribution >= 0.6 is 15.9 Å². The van der Waals surface area contributed by atoms with E-state index < -0.39 is 0 Å². The van der Waals surface area contributed by atoms with Gasteiger partial charge in [-0.3, -0.25) is 9.59 Å². The molecule has 0 aromatic heterocycles. The molecule has 20 heavy (non-hydrogen) atoms. The van der Waals surface area contributed by atoms with Crippen LogP contribution in [-0.2, 0) is 9.59 Å². The van der Waals surface area contributed by atoms with Crippen LogP contribution in [0.5, 0.6) is 0 Å². The lowest BCUT2D eigenvalue weighted by Crippen LogP contribution is -2.39. The number of amides is 2. The monoisotopic (exact) mass is 338 g/mol. The summed E-state index contributed by atoms with van der Waals surface area (Å²) in [4.78, 5) is 25.0. The Bertz CT molecular complexity index is 500. The van der Waals surface area contributed by atoms with Crippen molar-refractivity contribution in [3.8, 4) is 0 Å². The molecule has 0 heterocycles. The molecule has 0 spiro atoms. The van der Waals surface area contributed by atoms with E-state index in [0.29, 0.717) is 13.1 Å². The molecule has 0 aliphatic rings. The van der Waals surface area contributed by atoms with Gasteiger partial charge >= 0.3 is 0 Å². The molecule has 0 aliphatic heterocycles. The molecule has 1 aromatic rings. The van der Waals surface area contributed by atoms with Crippen molar-refractivity contribution in [3.63, 3.8) is 0 Å². The second-order valence-corrected chi connectivity index (χ2v) is 5.02. The quantitative estimate of drug-likeness (QED) is 0.810. The first kappa shape index (κ1) is 16.4. The van der Waals surface area contributed by atoms with E-state index >= 15 is 0 Å². The molecule has 0 bridgehead atoms. The van der Waals surface area contributed by atoms with Crippen molar-refractivity contribution in [1.29, 1.82) is 0 Å². The predicted octanol–water partition coefficient (Wildman–Crippen LogP) is 2.45. The summed E-state index contributed by atoms with van der Waals surface area (Å²) in [6.07, 6.45) is 3.23. The summed E-state index contributed by atoms with van der Waals surface area (Å²) in [6, 6.07) is 7.64. The third-order valence-corrected chi connectivity index (χ3v) is 3.43. The van der Waals surface area contributed by atoms with Crippen molar-refractivity contribution in [3.05, 3.63) is 40.4 Å². The average Bonchev–Trinajstić information content (AvgIpc) is 2.44. The van der Waals surface area contributed by atoms with Crippen molar-refractivity contribution in [2.45, 2.75) is 13.8 Å². The maximum absolute atomic E-state index is 12.0. The highest BCUT2D eigenvalue weighted by atomic mass is 79.9. The minimum atomic E-state index is -0.172. The average molecular weight is 339 g/mol. The number of likely N-dealkylation sites (N-methyl/N-ethyl adjacent to an activating group) is 2. The van der Waals surface area contributed by atoms with Crippen LogP contribution in [0.25, 0.3) is 6.08 Å². The van der Waals surface area contributed by atoms with Crippen LogP contribution in [0.1, 0.15) is 19.4 Å². The number of nitrogens with zero attached hydrogens (tertiary/aromatic N) is 1. The van der Waals surface area contributed by atoms with Gasteiger partial charge in [-0.15, -0.1) is 0 Å². The minimum absolute atomic E-state index is 0.0868. The number of hydrogen-bond donors (Lipinski definition) is 1. The number of nitrogens with one attached hydrogen (secondary N) is 1. The first-order chi connectivity index (χ1) is 9.58. The van der Waals surface area contributed by atoms with Gasteiger partial charge in [-0.2, -0.15) is 0 Å². The maximum Gasteiger partial charge on any atom is 0.247 e. The van der Waals surface area contributed by atoms with Crippen molar-refractivity contribution in [2.24, 2.45) is 0 Å². The van der Waals surface area contributed by atoms with Gasteiger partial charge in [-0.1, -0.05) is 34.1 Å². The van der Waals surface area contributed by atoms with Gasteiger partial charge in [0.1, 0.15) is 0 Å². The fourth-order valence-electron chi connectivity index (χ4n) is 1.65. The Kier molecular flexibility index (Phi) is 7.01. The van der Waals surface area contributed by atoms with Crippen LogP contribution in [0, 0.1) is 0 Å². The normalized spacial score (nSPS) is 10.6. The van der Waals surface area contributed by atoms with Crippen LogP contribution in [0.15, 0.2) is 34.8 Å². The zero-order valence-corrected chi connectivity index (χ0v) is 13.3. The zero-order chi connectivity index (χ0) is 15.0. The molecule has 4 nitrogen and oxygen atoms in total. The number of hydrogen-bond acceptors (Lipinski definition) is 2. The van der Waals surface area contributed by atoms with E-state index in [1.807, 2.05) is 38.1 Å². The van der Waals surface area contributed by atoms with Gasteiger partial charge in [0.15, 0.2) is 0 Å². The summed E-state index contributed by atoms with van der Waals surface area (Å²) in [5, 5.41) is 2.68. The smallest absolute Gasteiger partial charge is 0.247 e. The van der Waals surface area contributed by atoms with Gasteiger partial charge in [-0.25, -0.2) is 0 Å². The summed E-state index contributed by atoms with van der Waals surface area (Å²) in [5.74, 6) is -0.313. The van der Waals surface area contributed by atoms with Gasteiger partial charge in [0.25, 0.3) is 0 Å². The third-order valence-electron chi connectivity index (χ3n) is 2.71. The number of halogens is 1. The van der Waals surface area contributed by atoms with Crippen molar-refractivity contribution < 1.29 is 9.59 Å². The minimum Gasteiger partial charge on any atom is -0.355 e. The van der Waals surface area contributed by atoms with Gasteiger partial charge in [-0.05, 0) is 31.6 Å². The van der Waals surface area contributed by atoms with Crippen molar-refractivity contribution in [2.75, 3.05) is 19.6 Å². The molecule has 0 atom stereocenters. The molecule has 1 rings (SSSR count). The molecule has 108 valence electrons. The van der Waals surface area contributed by atoms with Crippen LogP contribution in [0.4, 0.5) is 0 Å². The van der Waals surface area contributed by atoms with Gasteiger partial charge in [0, 0.05) is 23.6 Å². The molecule has 0 fully saturated rings. The first-order valence-corrected chi connectivity index (χ1v) is 7.36. The van der Waals surface area contributed by atoms with Crippen LogP contribution in [0.2, 0.25) is 0 Å². The lowest BCUT2D eigenvalue weighted by molar-refractivity contribution is -0.132. The van der Waals surface area contributed by atoms with E-state index in [-0.39, 0.29) is 18.4 Å². The second kappa shape index (κ2) is 8.53. The SMILES string of the molecule is CCNC(=O)CN(CC)C(=O)C=Cc1ccccc1Br. The molecule has 0 saturated heterocycles. The number of carbonyl (C=O) groups excluding carboxylic acids is 2. The fourth-order valence-corrected chi connectivity index (χ4v) is 2.07.